The number of rotatable bonds is 12. The van der Waals surface area contributed by atoms with Crippen molar-refractivity contribution in [2.24, 2.45) is 5.92 Å². The molecule has 2 amide bonds. The number of benzene rings is 2. The molecule has 0 heterocycles. The van der Waals surface area contributed by atoms with Crippen LogP contribution in [0.2, 0.25) is 0 Å². The first-order chi connectivity index (χ1) is 19.0. The predicted octanol–water partition coefficient (Wildman–Crippen LogP) is 5.31. The molecule has 2 aromatic rings. The van der Waals surface area contributed by atoms with Crippen LogP contribution >= 0.6 is 0 Å². The summed E-state index contributed by atoms with van der Waals surface area (Å²) >= 11 is 0. The molecule has 0 bridgehead atoms. The number of nitrogens with zero attached hydrogens (tertiary/aromatic N) is 1. The number of nitrogens with one attached hydrogen (secondary N) is 3. The number of carbonyl (C=O) groups excluding carboxylic acids is 2. The Kier molecular flexibility index (Phi) is 7.66. The van der Waals surface area contributed by atoms with Crippen LogP contribution < -0.4 is 16.0 Å². The highest BCUT2D eigenvalue weighted by molar-refractivity contribution is 5.84. The molecule has 5 rings (SSSR count). The highest BCUT2D eigenvalue weighted by atomic mass is 19.3. The zero-order valence-electron chi connectivity index (χ0n) is 22.7. The van der Waals surface area contributed by atoms with Crippen LogP contribution in [0, 0.1) is 17.2 Å². The zero-order chi connectivity index (χ0) is 28.7. The fourth-order valence-corrected chi connectivity index (χ4v) is 5.15. The van der Waals surface area contributed by atoms with E-state index in [9.17, 15) is 28.0 Å². The lowest BCUT2D eigenvalue weighted by Crippen LogP contribution is -2.52. The van der Waals surface area contributed by atoms with Gasteiger partial charge in [0, 0.05) is 18.4 Å². The van der Waals surface area contributed by atoms with Crippen LogP contribution in [0.4, 0.5) is 13.2 Å². The smallest absolute Gasteiger partial charge is 0.257 e. The van der Waals surface area contributed by atoms with E-state index in [1.54, 1.807) is 24.3 Å². The molecule has 0 radical (unpaired) electrons. The summed E-state index contributed by atoms with van der Waals surface area (Å²) in [5, 5.41) is 17.6. The number of halogens is 3. The highest BCUT2D eigenvalue weighted by Gasteiger charge is 2.47. The molecule has 212 valence electrons. The molecule has 0 spiro atoms. The first-order valence-corrected chi connectivity index (χ1v) is 13.9. The average molecular weight is 553 g/mol. The van der Waals surface area contributed by atoms with Gasteiger partial charge in [-0.3, -0.25) is 14.9 Å². The summed E-state index contributed by atoms with van der Waals surface area (Å²) in [6, 6.07) is 14.3. The van der Waals surface area contributed by atoms with Crippen LogP contribution in [-0.4, -0.2) is 41.5 Å². The van der Waals surface area contributed by atoms with E-state index in [2.05, 4.69) is 16.0 Å². The Morgan fingerprint density at radius 3 is 2.15 bits per heavy atom. The monoisotopic (exact) mass is 552 g/mol. The van der Waals surface area contributed by atoms with E-state index in [-0.39, 0.29) is 29.7 Å². The quantitative estimate of drug-likeness (QED) is 0.333. The Hall–Kier alpha value is -3.38. The van der Waals surface area contributed by atoms with Gasteiger partial charge >= 0.3 is 0 Å². The molecular weight excluding hydrogens is 517 g/mol. The second kappa shape index (κ2) is 10.9. The summed E-state index contributed by atoms with van der Waals surface area (Å²) in [7, 11) is 0. The molecule has 3 fully saturated rings. The van der Waals surface area contributed by atoms with Crippen molar-refractivity contribution in [3.8, 4) is 17.2 Å². The first-order valence-electron chi connectivity index (χ1n) is 13.9. The minimum Gasteiger partial charge on any atom is -0.353 e. The van der Waals surface area contributed by atoms with E-state index in [4.69, 9.17) is 0 Å². The molecule has 3 saturated carbocycles. The van der Waals surface area contributed by atoms with Gasteiger partial charge in [-0.1, -0.05) is 48.5 Å². The minimum atomic E-state index is -2.85. The van der Waals surface area contributed by atoms with Gasteiger partial charge in [0.1, 0.15) is 11.2 Å². The number of hydrogen-bond donors (Lipinski definition) is 3. The van der Waals surface area contributed by atoms with Crippen molar-refractivity contribution in [3.05, 3.63) is 59.7 Å². The van der Waals surface area contributed by atoms with Gasteiger partial charge in [0.2, 0.25) is 11.8 Å². The van der Waals surface area contributed by atoms with Crippen LogP contribution in [0.15, 0.2) is 48.5 Å². The van der Waals surface area contributed by atoms with E-state index in [0.717, 1.165) is 36.0 Å². The summed E-state index contributed by atoms with van der Waals surface area (Å²) in [6.45, 7) is 2.58. The highest BCUT2D eigenvalue weighted by Crippen LogP contribution is 2.48. The molecule has 0 saturated heterocycles. The summed E-state index contributed by atoms with van der Waals surface area (Å²) in [4.78, 5) is 25.2. The first kappa shape index (κ1) is 28.2. The van der Waals surface area contributed by atoms with Gasteiger partial charge in [-0.25, -0.2) is 13.2 Å². The minimum absolute atomic E-state index is 0.0353. The maximum absolute atomic E-state index is 14.5. The van der Waals surface area contributed by atoms with E-state index in [1.807, 2.05) is 30.3 Å². The van der Waals surface area contributed by atoms with Gasteiger partial charge in [0.05, 0.1) is 18.2 Å². The van der Waals surface area contributed by atoms with Crippen LogP contribution in [0.5, 0.6) is 0 Å². The number of alkyl halides is 3. The van der Waals surface area contributed by atoms with Gasteiger partial charge in [-0.15, -0.1) is 0 Å². The fourth-order valence-electron chi connectivity index (χ4n) is 5.15. The van der Waals surface area contributed by atoms with Crippen molar-refractivity contribution in [2.45, 2.75) is 94.0 Å². The Morgan fingerprint density at radius 1 is 1.05 bits per heavy atom. The molecule has 0 unspecified atom stereocenters. The summed E-state index contributed by atoms with van der Waals surface area (Å²) in [5.74, 6) is -0.250. The van der Waals surface area contributed by atoms with Crippen LogP contribution in [0.25, 0.3) is 11.1 Å². The SMILES string of the molecule is CC(C)(F)C[C@H](N[C@@H](c1ccc(-c2ccc([C@H]3C[C@@H]3C(=O)NC3CC3)cc2)cc1)C(F)F)C(=O)NC1(C#N)CC1. The molecule has 6 nitrogen and oxygen atoms in total. The molecule has 3 aliphatic carbocycles. The third-order valence-corrected chi connectivity index (χ3v) is 7.96. The number of hydrogen-bond acceptors (Lipinski definition) is 4. The zero-order valence-corrected chi connectivity index (χ0v) is 22.7. The average Bonchev–Trinajstić information content (AvgIpc) is 3.78. The topological polar surface area (TPSA) is 94.0 Å². The lowest BCUT2D eigenvalue weighted by atomic mass is 9.96. The van der Waals surface area contributed by atoms with Gasteiger partial charge in [0.15, 0.2) is 0 Å². The molecule has 0 aromatic heterocycles. The third kappa shape index (κ3) is 6.84. The molecule has 4 atom stereocenters. The molecule has 3 aliphatic rings. The number of amides is 2. The molecule has 0 aliphatic heterocycles. The van der Waals surface area contributed by atoms with Crippen LogP contribution in [0.3, 0.4) is 0 Å². The molecule has 40 heavy (non-hydrogen) atoms. The van der Waals surface area contributed by atoms with Crippen molar-refractivity contribution in [1.82, 2.24) is 16.0 Å². The Balaban J connectivity index is 1.25. The van der Waals surface area contributed by atoms with Crippen LogP contribution in [0.1, 0.15) is 75.5 Å². The van der Waals surface area contributed by atoms with Crippen molar-refractivity contribution < 1.29 is 22.8 Å². The molecule has 2 aromatic carbocycles. The normalized spacial score (nSPS) is 22.6. The van der Waals surface area contributed by atoms with E-state index in [1.165, 1.54) is 13.8 Å². The second-order valence-corrected chi connectivity index (χ2v) is 12.1. The maximum atomic E-state index is 14.5. The summed E-state index contributed by atoms with van der Waals surface area (Å²) < 4.78 is 42.9. The molecule has 3 N–H and O–H groups in total. The second-order valence-electron chi connectivity index (χ2n) is 12.1. The Bertz CT molecular complexity index is 1280. The van der Waals surface area contributed by atoms with Gasteiger partial charge in [0.25, 0.3) is 6.43 Å². The summed E-state index contributed by atoms with van der Waals surface area (Å²) in [6.07, 6.45) is 0.788. The summed E-state index contributed by atoms with van der Waals surface area (Å²) in [5.41, 5.74) is 0.364. The van der Waals surface area contributed by atoms with Crippen LogP contribution in [-0.2, 0) is 9.59 Å². The lowest BCUT2D eigenvalue weighted by molar-refractivity contribution is -0.125. The standard InChI is InChI=1S/C31H35F3N4O2/c1-30(2,34)16-25(29(40)38-31(17-35)13-14-31)37-26(27(32)33)21-9-5-19(6-10-21)18-3-7-20(8-4-18)23-15-24(23)28(39)36-22-11-12-22/h3-10,22-27,37H,11-16H2,1-2H3,(H,36,39)(H,38,40)/t23-,24+,25+,26+/m1/s1. The lowest BCUT2D eigenvalue weighted by Gasteiger charge is -2.29. The van der Waals surface area contributed by atoms with Gasteiger partial charge in [-0.05, 0) is 74.1 Å². The van der Waals surface area contributed by atoms with Crippen molar-refractivity contribution in [2.75, 3.05) is 0 Å². The van der Waals surface area contributed by atoms with Gasteiger partial charge in [-0.2, -0.15) is 5.26 Å². The van der Waals surface area contributed by atoms with Crippen molar-refractivity contribution >= 4 is 11.8 Å². The Labute approximate surface area is 232 Å². The third-order valence-electron chi connectivity index (χ3n) is 7.96. The molecular formula is C31H35F3N4O2. The van der Waals surface area contributed by atoms with Crippen molar-refractivity contribution in [1.29, 1.82) is 5.26 Å². The molecule has 9 heteroatoms. The van der Waals surface area contributed by atoms with E-state index < -0.39 is 35.6 Å². The van der Waals surface area contributed by atoms with Gasteiger partial charge < -0.3 is 10.6 Å². The number of nitriles is 1. The van der Waals surface area contributed by atoms with E-state index >= 15 is 0 Å². The van der Waals surface area contributed by atoms with Crippen molar-refractivity contribution in [3.63, 3.8) is 0 Å². The predicted molar refractivity (Wildman–Crippen MR) is 145 cm³/mol. The largest absolute Gasteiger partial charge is 0.353 e. The number of carbonyl (C=O) groups is 2. The van der Waals surface area contributed by atoms with E-state index in [0.29, 0.717) is 18.9 Å². The maximum Gasteiger partial charge on any atom is 0.257 e. The fraction of sp³-hybridized carbons (Fsp3) is 0.516. The Morgan fingerprint density at radius 2 is 1.65 bits per heavy atom.